The van der Waals surface area contributed by atoms with Crippen molar-refractivity contribution in [3.63, 3.8) is 0 Å². The molecule has 5 heterocycles. The van der Waals surface area contributed by atoms with Crippen molar-refractivity contribution in [3.05, 3.63) is 101 Å². The summed E-state index contributed by atoms with van der Waals surface area (Å²) in [7, 11) is -2.36. The number of ether oxygens (including phenoxy) is 2. The number of likely N-dealkylation sites (N-methyl/N-ethyl adjacent to an activating group) is 1. The number of esters is 1. The predicted octanol–water partition coefficient (Wildman–Crippen LogP) is 8.35. The largest absolute Gasteiger partial charge is 0.465 e. The van der Waals surface area contributed by atoms with Crippen LogP contribution in [-0.2, 0) is 28.4 Å². The van der Waals surface area contributed by atoms with Crippen LogP contribution in [0.1, 0.15) is 111 Å². The number of likely N-dealkylation sites (tertiary alicyclic amines) is 1. The van der Waals surface area contributed by atoms with E-state index < -0.39 is 43.4 Å². The zero-order valence-corrected chi connectivity index (χ0v) is 39.7. The van der Waals surface area contributed by atoms with E-state index in [1.54, 1.807) is 42.5 Å². The van der Waals surface area contributed by atoms with Crippen LogP contribution in [0.25, 0.3) is 10.1 Å². The molecular formula is C50H61FN5O8PS. The summed E-state index contributed by atoms with van der Waals surface area (Å²) < 4.78 is 48.7. The molecule has 1 aliphatic carbocycles. The lowest BCUT2D eigenvalue weighted by Gasteiger charge is -2.42. The molecule has 1 unspecified atom stereocenters. The van der Waals surface area contributed by atoms with Crippen LogP contribution in [0.15, 0.2) is 84.9 Å². The number of nitrogens with zero attached hydrogens (tertiary/aromatic N) is 3. The number of carbonyl (C=O) groups excluding carboxylic acids is 4. The number of nitrogens with one attached hydrogen (secondary N) is 2. The Hall–Kier alpha value is -4.66. The van der Waals surface area contributed by atoms with E-state index in [9.17, 15) is 23.7 Å². The van der Waals surface area contributed by atoms with Gasteiger partial charge in [-0.25, -0.2) is 9.48 Å². The lowest BCUT2D eigenvalue weighted by atomic mass is 9.93. The Morgan fingerprint density at radius 2 is 1.74 bits per heavy atom. The summed E-state index contributed by atoms with van der Waals surface area (Å²) in [5.74, 6) is -3.12. The quantitative estimate of drug-likeness (QED) is 0.0831. The van der Waals surface area contributed by atoms with Gasteiger partial charge in [-0.3, -0.25) is 23.7 Å². The van der Waals surface area contributed by atoms with Gasteiger partial charge < -0.3 is 34.0 Å². The van der Waals surface area contributed by atoms with Gasteiger partial charge in [0.05, 0.1) is 17.6 Å². The SMILES string of the molecule is CCCOC(=O)[C@H](C)NP(=O)(Oc1ccccc1)[C@@H](F)c1ccc2sc(C(=O)N[C@H]3CC[C@H](N(C)C[C@@H]4CCO4)C[C@H]4CC[C@@H](C(=O)N5C[C@@H](c6ccccc6)CC56CC6)N4C3=O)cc2c1. The van der Waals surface area contributed by atoms with Gasteiger partial charge in [0.1, 0.15) is 23.9 Å². The minimum Gasteiger partial charge on any atom is -0.465 e. The van der Waals surface area contributed by atoms with Gasteiger partial charge in [0.2, 0.25) is 17.7 Å². The number of halogens is 1. The van der Waals surface area contributed by atoms with Gasteiger partial charge in [0, 0.05) is 47.9 Å². The van der Waals surface area contributed by atoms with E-state index in [0.717, 1.165) is 45.3 Å². The minimum atomic E-state index is -4.47. The molecular weight excluding hydrogens is 881 g/mol. The molecule has 3 aromatic carbocycles. The number of rotatable bonds is 16. The van der Waals surface area contributed by atoms with E-state index in [1.807, 2.05) is 30.0 Å². The molecule has 0 radical (unpaired) electrons. The second-order valence-corrected chi connectivity index (χ2v) is 22.1. The van der Waals surface area contributed by atoms with Gasteiger partial charge in [-0.05, 0) is 125 Å². The summed E-state index contributed by atoms with van der Waals surface area (Å²) in [4.78, 5) is 63.3. The van der Waals surface area contributed by atoms with E-state index in [0.29, 0.717) is 53.6 Å². The standard InChI is InChI=1S/C50H61FN5O8PS/c1-4-24-63-49(60)32(2)53-65(61,64-39-13-9-6-10-14-39)45(51)34-15-20-43-35(26-34)27-44(66-43)46(57)52-41-18-16-37(54(3)31-40-21-25-62-40)28-38-17-19-42(56(38)47(41)58)48(59)55-30-36(29-50(55)22-23-50)33-11-7-5-8-12-33/h5-15,20,26-27,32,36-38,40-42,45H,4,16-19,21-25,28-31H2,1-3H3,(H,52,57)(H,53,61)/t32-,36-,37-,38+,40-,41-,42-,45+,65?/m0/s1. The average Bonchev–Trinajstić information content (AvgIpc) is 3.58. The number of para-hydroxylation sites is 1. The van der Waals surface area contributed by atoms with Gasteiger partial charge in [0.15, 0.2) is 0 Å². The molecule has 4 aliphatic heterocycles. The lowest BCUT2D eigenvalue weighted by Crippen LogP contribution is -2.59. The third-order valence-corrected chi connectivity index (χ3v) is 17.6. The number of fused-ring (bicyclic) bond motifs is 2. The monoisotopic (exact) mass is 941 g/mol. The number of hydrogen-bond acceptors (Lipinski definition) is 10. The molecule has 5 fully saturated rings. The van der Waals surface area contributed by atoms with Crippen molar-refractivity contribution in [2.24, 2.45) is 0 Å². The van der Waals surface area contributed by atoms with Crippen molar-refractivity contribution in [1.82, 2.24) is 25.1 Å². The van der Waals surface area contributed by atoms with Crippen molar-refractivity contribution in [2.45, 2.75) is 132 Å². The van der Waals surface area contributed by atoms with Crippen molar-refractivity contribution < 1.29 is 42.1 Å². The van der Waals surface area contributed by atoms with Crippen molar-refractivity contribution in [3.8, 4) is 5.75 Å². The Balaban J connectivity index is 0.949. The van der Waals surface area contributed by atoms with Crippen LogP contribution < -0.4 is 14.9 Å². The highest BCUT2D eigenvalue weighted by atomic mass is 32.1. The number of thiophene rings is 1. The Morgan fingerprint density at radius 3 is 2.44 bits per heavy atom. The fraction of sp³-hybridized carbons (Fsp3) is 0.520. The highest BCUT2D eigenvalue weighted by Crippen LogP contribution is 2.58. The molecule has 4 aromatic rings. The van der Waals surface area contributed by atoms with E-state index in [4.69, 9.17) is 14.0 Å². The first-order valence-corrected chi connectivity index (χ1v) is 26.1. The maximum Gasteiger partial charge on any atom is 0.355 e. The van der Waals surface area contributed by atoms with Gasteiger partial charge in [0.25, 0.3) is 5.91 Å². The molecule has 9 rings (SSSR count). The maximum atomic E-state index is 16.7. The molecule has 9 atom stereocenters. The summed E-state index contributed by atoms with van der Waals surface area (Å²) in [6.07, 6.45) is 7.74. The van der Waals surface area contributed by atoms with Gasteiger partial charge in [-0.2, -0.15) is 0 Å². The second-order valence-electron chi connectivity index (χ2n) is 19.0. The van der Waals surface area contributed by atoms with Gasteiger partial charge in [-0.15, -0.1) is 11.3 Å². The topological polar surface area (TPSA) is 147 Å². The molecule has 2 N–H and O–H groups in total. The molecule has 66 heavy (non-hydrogen) atoms. The highest BCUT2D eigenvalue weighted by Gasteiger charge is 2.58. The zero-order chi connectivity index (χ0) is 46.2. The molecule has 1 spiro atoms. The van der Waals surface area contributed by atoms with E-state index in [2.05, 4.69) is 39.4 Å². The molecule has 13 nitrogen and oxygen atoms in total. The van der Waals surface area contributed by atoms with E-state index >= 15 is 4.39 Å². The average molecular weight is 942 g/mol. The number of benzene rings is 3. The predicted molar refractivity (Wildman–Crippen MR) is 251 cm³/mol. The van der Waals surface area contributed by atoms with Crippen LogP contribution in [0.4, 0.5) is 4.39 Å². The van der Waals surface area contributed by atoms with Crippen LogP contribution in [0.5, 0.6) is 5.75 Å². The Labute approximate surface area is 390 Å². The lowest BCUT2D eigenvalue weighted by molar-refractivity contribution is -0.148. The van der Waals surface area contributed by atoms with Crippen molar-refractivity contribution in [2.75, 3.05) is 33.4 Å². The summed E-state index contributed by atoms with van der Waals surface area (Å²) in [6, 6.07) is 22.3. The fourth-order valence-corrected chi connectivity index (χ4v) is 13.4. The number of amides is 3. The number of alkyl halides is 1. The summed E-state index contributed by atoms with van der Waals surface area (Å²) in [5, 5.41) is 6.24. The molecule has 0 bridgehead atoms. The Morgan fingerprint density at radius 1 is 1.00 bits per heavy atom. The van der Waals surface area contributed by atoms with Crippen LogP contribution in [0.3, 0.4) is 0 Å². The molecule has 1 saturated carbocycles. The van der Waals surface area contributed by atoms with Crippen LogP contribution in [0, 0.1) is 0 Å². The Bertz CT molecular complexity index is 2450. The van der Waals surface area contributed by atoms with Gasteiger partial charge >= 0.3 is 13.5 Å². The maximum absolute atomic E-state index is 16.7. The third kappa shape index (κ3) is 9.69. The van der Waals surface area contributed by atoms with E-state index in [-0.39, 0.29) is 59.4 Å². The third-order valence-electron chi connectivity index (χ3n) is 14.4. The molecule has 3 amide bonds. The van der Waals surface area contributed by atoms with Crippen LogP contribution in [-0.4, -0.2) is 114 Å². The first-order valence-electron chi connectivity index (χ1n) is 23.6. The Kier molecular flexibility index (Phi) is 13.7. The van der Waals surface area contributed by atoms with Crippen molar-refractivity contribution in [1.29, 1.82) is 0 Å². The summed E-state index contributed by atoms with van der Waals surface area (Å²) in [5.41, 5.74) is 1.11. The first-order chi connectivity index (χ1) is 31.8. The smallest absolute Gasteiger partial charge is 0.355 e. The van der Waals surface area contributed by atoms with Crippen molar-refractivity contribution >= 4 is 52.6 Å². The van der Waals surface area contributed by atoms with Crippen LogP contribution in [0.2, 0.25) is 0 Å². The normalized spacial score (nSPS) is 26.5. The summed E-state index contributed by atoms with van der Waals surface area (Å²) in [6.45, 7) is 5.63. The van der Waals surface area contributed by atoms with Crippen LogP contribution >= 0.6 is 18.9 Å². The second kappa shape index (κ2) is 19.5. The van der Waals surface area contributed by atoms with E-state index in [1.165, 1.54) is 36.0 Å². The fourth-order valence-electron chi connectivity index (χ4n) is 10.5. The zero-order valence-electron chi connectivity index (χ0n) is 37.9. The molecule has 5 aliphatic rings. The molecule has 4 saturated heterocycles. The highest BCUT2D eigenvalue weighted by molar-refractivity contribution is 7.57. The molecule has 16 heteroatoms. The summed E-state index contributed by atoms with van der Waals surface area (Å²) >= 11 is 1.21. The molecule has 1 aromatic heterocycles. The van der Waals surface area contributed by atoms with Gasteiger partial charge in [-0.1, -0.05) is 61.5 Å². The first kappa shape index (κ1) is 46.5. The minimum absolute atomic E-state index is 0.0199. The number of hydrogen-bond donors (Lipinski definition) is 2. The molecule has 352 valence electrons. The number of carbonyl (C=O) groups is 4.